The normalized spacial score (nSPS) is 9.95. The van der Waals surface area contributed by atoms with E-state index in [1.165, 1.54) is 36.6 Å². The first kappa shape index (κ1) is 14.8. The standard InChI is InChI=1S/C13H13N3O4S/c1-20-12-5-4-9(7-11(12)16(18)19)15-13(17)14-8-10-3-2-6-21-10/h2-7H,8H2,1H3,(H2,14,15,17). The summed E-state index contributed by atoms with van der Waals surface area (Å²) in [7, 11) is 1.35. The van der Waals surface area contributed by atoms with Crippen molar-refractivity contribution in [1.82, 2.24) is 5.32 Å². The lowest BCUT2D eigenvalue weighted by atomic mass is 10.2. The predicted molar refractivity (Wildman–Crippen MR) is 79.8 cm³/mol. The third-order valence-electron chi connectivity index (χ3n) is 2.64. The fourth-order valence-electron chi connectivity index (χ4n) is 1.67. The minimum atomic E-state index is -0.562. The van der Waals surface area contributed by atoms with E-state index in [1.807, 2.05) is 17.5 Å². The maximum atomic E-state index is 11.7. The van der Waals surface area contributed by atoms with Gasteiger partial charge in [-0.15, -0.1) is 11.3 Å². The Bertz CT molecular complexity index is 643. The van der Waals surface area contributed by atoms with Gasteiger partial charge in [-0.3, -0.25) is 10.1 Å². The second-order valence-electron chi connectivity index (χ2n) is 4.03. The van der Waals surface area contributed by atoms with Crippen LogP contribution >= 0.6 is 11.3 Å². The van der Waals surface area contributed by atoms with Gasteiger partial charge in [0.15, 0.2) is 5.75 Å². The molecule has 1 aromatic heterocycles. The van der Waals surface area contributed by atoms with Crippen molar-refractivity contribution in [1.29, 1.82) is 0 Å². The van der Waals surface area contributed by atoms with Crippen molar-refractivity contribution in [2.24, 2.45) is 0 Å². The second kappa shape index (κ2) is 6.71. The number of nitro benzene ring substituents is 1. The van der Waals surface area contributed by atoms with Crippen LogP contribution in [-0.4, -0.2) is 18.1 Å². The molecule has 0 aliphatic rings. The van der Waals surface area contributed by atoms with Crippen LogP contribution in [0.5, 0.6) is 5.75 Å². The number of hydrogen-bond acceptors (Lipinski definition) is 5. The molecule has 1 heterocycles. The number of rotatable bonds is 5. The van der Waals surface area contributed by atoms with Crippen molar-refractivity contribution in [3.05, 3.63) is 50.7 Å². The van der Waals surface area contributed by atoms with E-state index in [1.54, 1.807) is 0 Å². The van der Waals surface area contributed by atoms with Crippen molar-refractivity contribution in [3.8, 4) is 5.75 Å². The summed E-state index contributed by atoms with van der Waals surface area (Å²) < 4.78 is 4.89. The Labute approximate surface area is 124 Å². The van der Waals surface area contributed by atoms with E-state index in [9.17, 15) is 14.9 Å². The molecule has 0 bridgehead atoms. The number of carbonyl (C=O) groups excluding carboxylic acids is 1. The molecular formula is C13H13N3O4S. The summed E-state index contributed by atoms with van der Waals surface area (Å²) in [6, 6.07) is 7.60. The Kier molecular flexibility index (Phi) is 4.72. The Balaban J connectivity index is 2.00. The molecule has 0 aliphatic heterocycles. The van der Waals surface area contributed by atoms with Crippen LogP contribution in [-0.2, 0) is 6.54 Å². The molecule has 0 radical (unpaired) electrons. The van der Waals surface area contributed by atoms with Gasteiger partial charge in [0, 0.05) is 16.6 Å². The fourth-order valence-corrected chi connectivity index (χ4v) is 2.31. The van der Waals surface area contributed by atoms with Crippen LogP contribution < -0.4 is 15.4 Å². The first-order valence-corrected chi connectivity index (χ1v) is 6.88. The minimum absolute atomic E-state index is 0.143. The van der Waals surface area contributed by atoms with E-state index in [2.05, 4.69) is 10.6 Å². The van der Waals surface area contributed by atoms with Crippen molar-refractivity contribution in [3.63, 3.8) is 0 Å². The summed E-state index contributed by atoms with van der Waals surface area (Å²) in [4.78, 5) is 23.1. The van der Waals surface area contributed by atoms with Gasteiger partial charge in [-0.25, -0.2) is 4.79 Å². The molecule has 2 N–H and O–H groups in total. The number of thiophene rings is 1. The van der Waals surface area contributed by atoms with E-state index in [-0.39, 0.29) is 11.4 Å². The maximum absolute atomic E-state index is 11.7. The molecule has 0 spiro atoms. The van der Waals surface area contributed by atoms with Crippen LogP contribution in [0.15, 0.2) is 35.7 Å². The number of ether oxygens (including phenoxy) is 1. The monoisotopic (exact) mass is 307 g/mol. The highest BCUT2D eigenvalue weighted by Crippen LogP contribution is 2.29. The number of nitrogens with one attached hydrogen (secondary N) is 2. The molecule has 0 unspecified atom stereocenters. The van der Waals surface area contributed by atoms with Crippen molar-refractivity contribution in [2.75, 3.05) is 12.4 Å². The summed E-state index contributed by atoms with van der Waals surface area (Å²) in [5.41, 5.74) is 0.125. The lowest BCUT2D eigenvalue weighted by molar-refractivity contribution is -0.385. The summed E-state index contributed by atoms with van der Waals surface area (Å²) in [6.07, 6.45) is 0. The molecular weight excluding hydrogens is 294 g/mol. The van der Waals surface area contributed by atoms with Crippen LogP contribution in [0.3, 0.4) is 0 Å². The average molecular weight is 307 g/mol. The van der Waals surface area contributed by atoms with E-state index in [0.29, 0.717) is 12.2 Å². The zero-order valence-corrected chi connectivity index (χ0v) is 12.0. The predicted octanol–water partition coefficient (Wildman–Crippen LogP) is 2.99. The Morgan fingerprint density at radius 1 is 1.43 bits per heavy atom. The molecule has 21 heavy (non-hydrogen) atoms. The molecule has 0 atom stereocenters. The molecule has 7 nitrogen and oxygen atoms in total. The first-order valence-electron chi connectivity index (χ1n) is 6.00. The number of nitro groups is 1. The quantitative estimate of drug-likeness (QED) is 0.656. The largest absolute Gasteiger partial charge is 0.490 e. The van der Waals surface area contributed by atoms with Gasteiger partial charge in [-0.1, -0.05) is 6.07 Å². The number of urea groups is 1. The number of hydrogen-bond donors (Lipinski definition) is 2. The summed E-state index contributed by atoms with van der Waals surface area (Å²) >= 11 is 1.53. The number of methoxy groups -OCH3 is 1. The van der Waals surface area contributed by atoms with Crippen molar-refractivity contribution < 1.29 is 14.5 Å². The van der Waals surface area contributed by atoms with E-state index in [4.69, 9.17) is 4.74 Å². The van der Waals surface area contributed by atoms with Crippen LogP contribution in [0.2, 0.25) is 0 Å². The molecule has 0 saturated carbocycles. The highest BCUT2D eigenvalue weighted by molar-refractivity contribution is 7.09. The number of amides is 2. The lowest BCUT2D eigenvalue weighted by Gasteiger charge is -2.08. The Morgan fingerprint density at radius 2 is 2.24 bits per heavy atom. The average Bonchev–Trinajstić information content (AvgIpc) is 2.98. The molecule has 110 valence electrons. The molecule has 0 fully saturated rings. The van der Waals surface area contributed by atoms with Crippen LogP contribution in [0.25, 0.3) is 0 Å². The Morgan fingerprint density at radius 3 is 2.86 bits per heavy atom. The lowest BCUT2D eigenvalue weighted by Crippen LogP contribution is -2.27. The third kappa shape index (κ3) is 3.93. The number of anilines is 1. The van der Waals surface area contributed by atoms with Gasteiger partial charge in [-0.2, -0.15) is 0 Å². The zero-order chi connectivity index (χ0) is 15.2. The van der Waals surface area contributed by atoms with Crippen LogP contribution in [0.1, 0.15) is 4.88 Å². The van der Waals surface area contributed by atoms with Gasteiger partial charge in [0.2, 0.25) is 0 Å². The molecule has 0 aliphatic carbocycles. The molecule has 2 aromatic rings. The molecule has 8 heteroatoms. The highest BCUT2D eigenvalue weighted by atomic mass is 32.1. The highest BCUT2D eigenvalue weighted by Gasteiger charge is 2.15. The summed E-state index contributed by atoms with van der Waals surface area (Å²) in [5.74, 6) is 0.143. The maximum Gasteiger partial charge on any atom is 0.319 e. The summed E-state index contributed by atoms with van der Waals surface area (Å²) in [5, 5.41) is 18.0. The molecule has 1 aromatic carbocycles. The van der Waals surface area contributed by atoms with E-state index < -0.39 is 11.0 Å². The topological polar surface area (TPSA) is 93.5 Å². The number of carbonyl (C=O) groups is 1. The van der Waals surface area contributed by atoms with Gasteiger partial charge in [0.25, 0.3) is 0 Å². The van der Waals surface area contributed by atoms with Gasteiger partial charge < -0.3 is 15.4 Å². The van der Waals surface area contributed by atoms with Crippen molar-refractivity contribution >= 4 is 28.7 Å². The van der Waals surface area contributed by atoms with Gasteiger partial charge in [0.05, 0.1) is 18.6 Å². The SMILES string of the molecule is COc1ccc(NC(=O)NCc2cccs2)cc1[N+](=O)[O-]. The number of benzene rings is 1. The molecule has 0 saturated heterocycles. The van der Waals surface area contributed by atoms with E-state index in [0.717, 1.165) is 4.88 Å². The van der Waals surface area contributed by atoms with Crippen molar-refractivity contribution in [2.45, 2.75) is 6.54 Å². The second-order valence-corrected chi connectivity index (χ2v) is 5.06. The molecule has 2 rings (SSSR count). The van der Waals surface area contributed by atoms with Crippen LogP contribution in [0, 0.1) is 10.1 Å². The van der Waals surface area contributed by atoms with Crippen LogP contribution in [0.4, 0.5) is 16.2 Å². The fraction of sp³-hybridized carbons (Fsp3) is 0.154. The van der Waals surface area contributed by atoms with Gasteiger partial charge >= 0.3 is 11.7 Å². The van der Waals surface area contributed by atoms with Gasteiger partial charge in [0.1, 0.15) is 0 Å². The third-order valence-corrected chi connectivity index (χ3v) is 3.51. The smallest absolute Gasteiger partial charge is 0.319 e. The first-order chi connectivity index (χ1) is 10.1. The summed E-state index contributed by atoms with van der Waals surface area (Å²) in [6.45, 7) is 0.405. The molecule has 2 amide bonds. The number of nitrogens with zero attached hydrogens (tertiary/aromatic N) is 1. The zero-order valence-electron chi connectivity index (χ0n) is 11.2. The van der Waals surface area contributed by atoms with Gasteiger partial charge in [-0.05, 0) is 23.6 Å². The Hall–Kier alpha value is -2.61. The van der Waals surface area contributed by atoms with E-state index >= 15 is 0 Å². The minimum Gasteiger partial charge on any atom is -0.490 e.